The van der Waals surface area contributed by atoms with E-state index in [0.717, 1.165) is 76.2 Å². The molecule has 0 aliphatic carbocycles. The Bertz CT molecular complexity index is 1770. The Labute approximate surface area is 274 Å². The predicted octanol–water partition coefficient (Wildman–Crippen LogP) is 7.52. The van der Waals surface area contributed by atoms with Crippen LogP contribution in [0.5, 0.6) is 0 Å². The molecule has 4 heterocycles. The summed E-state index contributed by atoms with van der Waals surface area (Å²) in [6.45, 7) is 13.1. The lowest BCUT2D eigenvalue weighted by Gasteiger charge is -2.39. The number of likely N-dealkylation sites (tertiary alicyclic amines) is 1. The molecule has 1 aliphatic heterocycles. The van der Waals surface area contributed by atoms with Gasteiger partial charge in [-0.15, -0.1) is 10.2 Å². The highest BCUT2D eigenvalue weighted by molar-refractivity contribution is 7.14. The number of nitrogens with one attached hydrogen (secondary N) is 1. The molecule has 5 aromatic rings. The number of ether oxygens (including phenoxy) is 1. The molecule has 11 heteroatoms. The van der Waals surface area contributed by atoms with Crippen LogP contribution < -0.4 is 5.32 Å². The third-order valence-corrected chi connectivity index (χ3v) is 9.33. The van der Waals surface area contributed by atoms with Crippen LogP contribution in [0.1, 0.15) is 69.5 Å². The molecule has 0 saturated carbocycles. The number of aromatic nitrogens is 5. The van der Waals surface area contributed by atoms with E-state index in [1.165, 1.54) is 0 Å². The smallest absolute Gasteiger partial charge is 0.410 e. The Morgan fingerprint density at radius 3 is 2.57 bits per heavy atom. The summed E-state index contributed by atoms with van der Waals surface area (Å²) in [4.78, 5) is 22.3. The fourth-order valence-corrected chi connectivity index (χ4v) is 6.60. The zero-order valence-corrected chi connectivity index (χ0v) is 28.0. The van der Waals surface area contributed by atoms with E-state index in [1.807, 2.05) is 66.7 Å². The predicted molar refractivity (Wildman–Crippen MR) is 182 cm³/mol. The molecule has 10 nitrogen and oxygen atoms in total. The molecule has 1 fully saturated rings. The molecule has 0 atom stereocenters. The topological polar surface area (TPSA) is 101 Å². The second-order valence-corrected chi connectivity index (χ2v) is 14.2. The van der Waals surface area contributed by atoms with Gasteiger partial charge < -0.3 is 15.0 Å². The maximum atomic E-state index is 13.3. The Morgan fingerprint density at radius 2 is 1.85 bits per heavy atom. The first kappa shape index (κ1) is 31.6. The van der Waals surface area contributed by atoms with Gasteiger partial charge in [0, 0.05) is 55.6 Å². The third-order valence-electron chi connectivity index (χ3n) is 8.06. The fourth-order valence-electron chi connectivity index (χ4n) is 5.76. The first-order valence-corrected chi connectivity index (χ1v) is 16.7. The maximum absolute atomic E-state index is 13.3. The Kier molecular flexibility index (Phi) is 9.32. The van der Waals surface area contributed by atoms with E-state index in [9.17, 15) is 4.79 Å². The number of nitrogens with zero attached hydrogens (tertiary/aromatic N) is 7. The third kappa shape index (κ3) is 7.54. The van der Waals surface area contributed by atoms with E-state index < -0.39 is 5.60 Å². The number of rotatable bonds is 9. The summed E-state index contributed by atoms with van der Waals surface area (Å²) in [6, 6.07) is 20.6. The van der Waals surface area contributed by atoms with Gasteiger partial charge in [-0.25, -0.2) is 14.3 Å². The summed E-state index contributed by atoms with van der Waals surface area (Å²) in [5.74, 6) is 1.10. The van der Waals surface area contributed by atoms with Crippen LogP contribution in [0.15, 0.2) is 73.2 Å². The highest BCUT2D eigenvalue weighted by Gasteiger charge is 2.31. The molecule has 1 aliphatic rings. The van der Waals surface area contributed by atoms with Crippen molar-refractivity contribution in [2.45, 2.75) is 78.1 Å². The van der Waals surface area contributed by atoms with Gasteiger partial charge in [0.25, 0.3) is 0 Å². The second kappa shape index (κ2) is 13.6. The average molecular weight is 639 g/mol. The number of carbonyl (C=O) groups is 1. The maximum Gasteiger partial charge on any atom is 0.410 e. The van der Waals surface area contributed by atoms with Crippen LogP contribution in [0.3, 0.4) is 0 Å². The number of fused-ring (bicyclic) bond motifs is 1. The van der Waals surface area contributed by atoms with Crippen LogP contribution in [-0.4, -0.2) is 65.4 Å². The molecule has 240 valence electrons. The van der Waals surface area contributed by atoms with E-state index in [0.29, 0.717) is 12.5 Å². The number of carbonyl (C=O) groups excluding carboxylic acids is 1. The van der Waals surface area contributed by atoms with Gasteiger partial charge in [-0.1, -0.05) is 67.6 Å². The largest absolute Gasteiger partial charge is 0.444 e. The van der Waals surface area contributed by atoms with Crippen molar-refractivity contribution >= 4 is 34.5 Å². The average Bonchev–Trinajstić information content (AvgIpc) is 3.69. The zero-order valence-electron chi connectivity index (χ0n) is 27.2. The number of hydrogen-bond donors (Lipinski definition) is 1. The first-order valence-electron chi connectivity index (χ1n) is 15.9. The Hall–Kier alpha value is -4.35. The number of amides is 1. The minimum atomic E-state index is -0.548. The van der Waals surface area contributed by atoms with Crippen molar-refractivity contribution in [3.8, 4) is 10.6 Å². The van der Waals surface area contributed by atoms with Crippen LogP contribution in [-0.2, 0) is 17.8 Å². The van der Waals surface area contributed by atoms with Crippen LogP contribution in [0.4, 0.5) is 16.3 Å². The summed E-state index contributed by atoms with van der Waals surface area (Å²) >= 11 is 1.63. The molecule has 0 spiro atoms. The summed E-state index contributed by atoms with van der Waals surface area (Å²) in [5.41, 5.74) is 4.60. The number of hydrogen-bond acceptors (Lipinski definition) is 9. The van der Waals surface area contributed by atoms with Crippen LogP contribution in [0.2, 0.25) is 0 Å². The number of piperidine rings is 1. The van der Waals surface area contributed by atoms with Gasteiger partial charge in [0.15, 0.2) is 5.82 Å². The van der Waals surface area contributed by atoms with Gasteiger partial charge in [0.05, 0.1) is 0 Å². The van der Waals surface area contributed by atoms with E-state index in [2.05, 4.69) is 74.7 Å². The van der Waals surface area contributed by atoms with Gasteiger partial charge in [0.1, 0.15) is 27.5 Å². The zero-order chi connectivity index (χ0) is 32.3. The molecule has 1 saturated heterocycles. The Balaban J connectivity index is 1.15. The summed E-state index contributed by atoms with van der Waals surface area (Å²) in [7, 11) is 0. The molecule has 6 rings (SSSR count). The van der Waals surface area contributed by atoms with Gasteiger partial charge >= 0.3 is 6.09 Å². The van der Waals surface area contributed by atoms with Gasteiger partial charge in [-0.2, -0.15) is 5.10 Å². The van der Waals surface area contributed by atoms with Crippen molar-refractivity contribution in [1.29, 1.82) is 0 Å². The lowest BCUT2D eigenvalue weighted by molar-refractivity contribution is 0.00540. The van der Waals surface area contributed by atoms with Crippen molar-refractivity contribution < 1.29 is 9.53 Å². The van der Waals surface area contributed by atoms with Crippen molar-refractivity contribution in [1.82, 2.24) is 34.6 Å². The SMILES string of the molecule is CC(C)c1nnc(-c2cccc(Nc3ncnn4ccc(CN5CCC(N(Cc6ccccc6)C(=O)OC(C)(C)C)CC5)c34)c2)s1. The van der Waals surface area contributed by atoms with E-state index in [4.69, 9.17) is 4.74 Å². The van der Waals surface area contributed by atoms with Crippen LogP contribution in [0, 0.1) is 0 Å². The molecular formula is C35H42N8O2S. The van der Waals surface area contributed by atoms with Crippen molar-refractivity contribution in [2.24, 2.45) is 0 Å². The highest BCUT2D eigenvalue weighted by atomic mass is 32.1. The van der Waals surface area contributed by atoms with Gasteiger partial charge in [-0.05, 0) is 62.9 Å². The lowest BCUT2D eigenvalue weighted by atomic mass is 10.0. The molecule has 2 aromatic carbocycles. The normalized spacial score (nSPS) is 14.6. The Morgan fingerprint density at radius 1 is 1.07 bits per heavy atom. The first-order chi connectivity index (χ1) is 22.1. The quantitative estimate of drug-likeness (QED) is 0.177. The van der Waals surface area contributed by atoms with E-state index in [1.54, 1.807) is 17.7 Å². The lowest BCUT2D eigenvalue weighted by Crippen LogP contribution is -2.48. The fraction of sp³-hybridized carbons (Fsp3) is 0.400. The van der Waals surface area contributed by atoms with Crippen molar-refractivity contribution in [3.05, 3.63) is 89.3 Å². The summed E-state index contributed by atoms with van der Waals surface area (Å²) in [5, 5.41) is 18.7. The minimum absolute atomic E-state index is 0.106. The molecular weight excluding hydrogens is 597 g/mol. The minimum Gasteiger partial charge on any atom is -0.444 e. The molecule has 46 heavy (non-hydrogen) atoms. The molecule has 1 N–H and O–H groups in total. The molecule has 0 radical (unpaired) electrons. The van der Waals surface area contributed by atoms with Crippen molar-refractivity contribution in [2.75, 3.05) is 18.4 Å². The van der Waals surface area contributed by atoms with E-state index >= 15 is 0 Å². The summed E-state index contributed by atoms with van der Waals surface area (Å²) < 4.78 is 7.71. The highest BCUT2D eigenvalue weighted by Crippen LogP contribution is 2.31. The molecule has 0 bridgehead atoms. The van der Waals surface area contributed by atoms with Gasteiger partial charge in [-0.3, -0.25) is 4.90 Å². The standard InChI is InChI=1S/C35H42N8O2S/c1-24(2)32-39-40-33(46-32)26-12-9-13-28(20-26)38-31-30-27(14-19-43(30)37-23-36-31)22-41-17-15-29(16-18-41)42(34(44)45-35(3,4)5)21-25-10-7-6-8-11-25/h6-14,19-20,23-24,29H,15-18,21-22H2,1-5H3,(H,36,37,38). The molecule has 1 amide bonds. The number of anilines is 2. The van der Waals surface area contributed by atoms with Gasteiger partial charge in [0.2, 0.25) is 0 Å². The number of benzene rings is 2. The molecule has 0 unspecified atom stereocenters. The summed E-state index contributed by atoms with van der Waals surface area (Å²) in [6.07, 6.45) is 5.05. The molecule has 3 aromatic heterocycles. The monoisotopic (exact) mass is 638 g/mol. The van der Waals surface area contributed by atoms with Crippen molar-refractivity contribution in [3.63, 3.8) is 0 Å². The van der Waals surface area contributed by atoms with Crippen LogP contribution in [0.25, 0.3) is 16.1 Å². The van der Waals surface area contributed by atoms with E-state index in [-0.39, 0.29) is 12.1 Å². The second-order valence-electron chi connectivity index (χ2n) is 13.1. The van der Waals surface area contributed by atoms with Crippen LogP contribution >= 0.6 is 11.3 Å².